The first-order valence-electron chi connectivity index (χ1n) is 11.4. The third-order valence-electron chi connectivity index (χ3n) is 6.33. The van der Waals surface area contributed by atoms with Crippen molar-refractivity contribution < 1.29 is 13.5 Å². The topological polar surface area (TPSA) is 68.1 Å². The average Bonchev–Trinajstić information content (AvgIpc) is 3.13. The smallest absolute Gasteiger partial charge is 0.387 e. The average molecular weight is 481 g/mol. The number of rotatable bonds is 9. The number of hydrogen-bond acceptors (Lipinski definition) is 6. The Labute approximate surface area is 203 Å². The summed E-state index contributed by atoms with van der Waals surface area (Å²) in [4.78, 5) is 15.7. The molecule has 2 aromatic heterocycles. The van der Waals surface area contributed by atoms with Gasteiger partial charge in [0.1, 0.15) is 11.6 Å². The van der Waals surface area contributed by atoms with Crippen LogP contribution in [0.2, 0.25) is 0 Å². The summed E-state index contributed by atoms with van der Waals surface area (Å²) in [5, 5.41) is 3.29. The van der Waals surface area contributed by atoms with Crippen LogP contribution in [-0.2, 0) is 6.54 Å². The zero-order valence-corrected chi connectivity index (χ0v) is 20.6. The molecule has 0 bridgehead atoms. The van der Waals surface area contributed by atoms with Crippen LogP contribution >= 0.6 is 0 Å². The van der Waals surface area contributed by atoms with Gasteiger partial charge in [-0.15, -0.1) is 0 Å². The van der Waals surface area contributed by atoms with Gasteiger partial charge in [-0.25, -0.2) is 15.0 Å². The van der Waals surface area contributed by atoms with Gasteiger partial charge in [0, 0.05) is 35.6 Å². The van der Waals surface area contributed by atoms with Crippen LogP contribution in [-0.4, -0.2) is 57.2 Å². The van der Waals surface area contributed by atoms with Crippen LogP contribution in [0.4, 0.5) is 14.7 Å². The van der Waals surface area contributed by atoms with Crippen molar-refractivity contribution >= 4 is 17.0 Å². The lowest BCUT2D eigenvalue weighted by Gasteiger charge is -2.32. The van der Waals surface area contributed by atoms with Crippen molar-refractivity contribution in [3.8, 4) is 16.9 Å². The molecule has 2 aromatic carbocycles. The minimum absolute atomic E-state index is 0.0394. The van der Waals surface area contributed by atoms with E-state index in [-0.39, 0.29) is 11.3 Å². The number of nitrogens with one attached hydrogen (secondary N) is 1. The number of aromatic nitrogens is 4. The van der Waals surface area contributed by atoms with Gasteiger partial charge < -0.3 is 19.5 Å². The molecule has 2 heterocycles. The molecule has 0 spiro atoms. The fraction of sp³-hybridized carbons (Fsp3) is 0.346. The highest BCUT2D eigenvalue weighted by atomic mass is 19.3. The number of aryl methyl sites for hydroxylation is 1. The molecule has 7 nitrogen and oxygen atoms in total. The van der Waals surface area contributed by atoms with Gasteiger partial charge in [-0.05, 0) is 58.6 Å². The number of hydrogen-bond donors (Lipinski definition) is 1. The minimum Gasteiger partial charge on any atom is -0.434 e. The van der Waals surface area contributed by atoms with E-state index < -0.39 is 6.61 Å². The molecule has 0 unspecified atom stereocenters. The van der Waals surface area contributed by atoms with E-state index in [0.717, 1.165) is 28.0 Å². The zero-order chi connectivity index (χ0) is 25.2. The fourth-order valence-corrected chi connectivity index (χ4v) is 3.66. The van der Waals surface area contributed by atoms with E-state index in [9.17, 15) is 8.78 Å². The summed E-state index contributed by atoms with van der Waals surface area (Å²) in [6.07, 6.45) is 3.58. The van der Waals surface area contributed by atoms with Crippen LogP contribution in [0.15, 0.2) is 54.9 Å². The van der Waals surface area contributed by atoms with Crippen molar-refractivity contribution in [1.29, 1.82) is 0 Å². The Morgan fingerprint density at radius 2 is 1.77 bits per heavy atom. The Hall–Kier alpha value is -3.59. The predicted molar refractivity (Wildman–Crippen MR) is 134 cm³/mol. The molecule has 1 N–H and O–H groups in total. The maximum absolute atomic E-state index is 12.9. The number of imidazole rings is 1. The standard InChI is InChI=1S/C26H30F2N6O/c1-17-32-21-11-10-18(20-13-29-25(30-14-20)31-16-26(2,3)33(4)5)12-22(21)34(17)15-19-8-6-7-9-23(19)35-24(27)28/h6-14,24H,15-16H2,1-5H3,(H,29,30,31). The minimum atomic E-state index is -2.88. The first-order chi connectivity index (χ1) is 16.6. The quantitative estimate of drug-likeness (QED) is 0.355. The summed E-state index contributed by atoms with van der Waals surface area (Å²) in [6, 6.07) is 12.8. The number of ether oxygens (including phenoxy) is 1. The molecule has 0 saturated heterocycles. The van der Waals surface area contributed by atoms with Crippen LogP contribution in [0.3, 0.4) is 0 Å². The highest BCUT2D eigenvalue weighted by Crippen LogP contribution is 2.28. The van der Waals surface area contributed by atoms with E-state index in [1.165, 1.54) is 0 Å². The van der Waals surface area contributed by atoms with Crippen molar-refractivity contribution in [3.63, 3.8) is 0 Å². The van der Waals surface area contributed by atoms with Crippen molar-refractivity contribution in [2.75, 3.05) is 26.0 Å². The normalized spacial score (nSPS) is 12.0. The first-order valence-corrected chi connectivity index (χ1v) is 11.4. The van der Waals surface area contributed by atoms with E-state index in [2.05, 4.69) is 39.0 Å². The van der Waals surface area contributed by atoms with Gasteiger partial charge in [-0.2, -0.15) is 8.78 Å². The highest BCUT2D eigenvalue weighted by molar-refractivity contribution is 5.82. The van der Waals surface area contributed by atoms with Crippen molar-refractivity contribution in [3.05, 3.63) is 66.2 Å². The molecule has 9 heteroatoms. The molecule has 0 atom stereocenters. The van der Waals surface area contributed by atoms with Gasteiger partial charge in [-0.3, -0.25) is 0 Å². The Kier molecular flexibility index (Phi) is 6.98. The summed E-state index contributed by atoms with van der Waals surface area (Å²) in [7, 11) is 4.08. The molecule has 0 aliphatic rings. The Bertz CT molecular complexity index is 1300. The number of anilines is 1. The third-order valence-corrected chi connectivity index (χ3v) is 6.33. The number of nitrogens with zero attached hydrogens (tertiary/aromatic N) is 5. The fourth-order valence-electron chi connectivity index (χ4n) is 3.66. The number of alkyl halides is 2. The molecule has 0 radical (unpaired) electrons. The molecule has 0 aliphatic carbocycles. The van der Waals surface area contributed by atoms with E-state index in [1.54, 1.807) is 36.7 Å². The van der Waals surface area contributed by atoms with Gasteiger partial charge in [-0.1, -0.05) is 24.3 Å². The summed E-state index contributed by atoms with van der Waals surface area (Å²) >= 11 is 0. The van der Waals surface area contributed by atoms with Crippen molar-refractivity contribution in [2.45, 2.75) is 39.5 Å². The summed E-state index contributed by atoms with van der Waals surface area (Å²) in [5.74, 6) is 1.51. The van der Waals surface area contributed by atoms with Crippen molar-refractivity contribution in [2.24, 2.45) is 0 Å². The molecule has 35 heavy (non-hydrogen) atoms. The lowest BCUT2D eigenvalue weighted by molar-refractivity contribution is -0.0504. The second-order valence-corrected chi connectivity index (χ2v) is 9.29. The molecular weight excluding hydrogens is 450 g/mol. The molecule has 0 amide bonds. The van der Waals surface area contributed by atoms with Crippen LogP contribution in [0.25, 0.3) is 22.2 Å². The maximum atomic E-state index is 12.9. The lowest BCUT2D eigenvalue weighted by atomic mass is 10.0. The van der Waals surface area contributed by atoms with E-state index in [0.29, 0.717) is 24.6 Å². The summed E-state index contributed by atoms with van der Waals surface area (Å²) in [6.45, 7) is 4.37. The molecule has 184 valence electrons. The van der Waals surface area contributed by atoms with E-state index >= 15 is 0 Å². The number of halogens is 2. The Morgan fingerprint density at radius 1 is 1.06 bits per heavy atom. The molecule has 0 saturated carbocycles. The van der Waals surface area contributed by atoms with Crippen LogP contribution in [0.5, 0.6) is 5.75 Å². The number of fused-ring (bicyclic) bond motifs is 1. The van der Waals surface area contributed by atoms with Gasteiger partial charge in [0.2, 0.25) is 5.95 Å². The summed E-state index contributed by atoms with van der Waals surface area (Å²) < 4.78 is 32.4. The lowest BCUT2D eigenvalue weighted by Crippen LogP contribution is -2.44. The SMILES string of the molecule is Cc1nc2ccc(-c3cnc(NCC(C)(C)N(C)C)nc3)cc2n1Cc1ccccc1OC(F)F. The third kappa shape index (κ3) is 5.57. The van der Waals surface area contributed by atoms with Crippen LogP contribution in [0, 0.1) is 6.92 Å². The van der Waals surface area contributed by atoms with Gasteiger partial charge in [0.05, 0.1) is 17.6 Å². The van der Waals surface area contributed by atoms with Crippen LogP contribution < -0.4 is 10.1 Å². The highest BCUT2D eigenvalue weighted by Gasteiger charge is 2.20. The monoisotopic (exact) mass is 480 g/mol. The van der Waals surface area contributed by atoms with E-state index in [4.69, 9.17) is 4.74 Å². The molecular formula is C26H30F2N6O. The van der Waals surface area contributed by atoms with Crippen LogP contribution in [0.1, 0.15) is 25.2 Å². The van der Waals surface area contributed by atoms with E-state index in [1.807, 2.05) is 43.8 Å². The number of para-hydroxylation sites is 1. The predicted octanol–water partition coefficient (Wildman–Crippen LogP) is 5.20. The zero-order valence-electron chi connectivity index (χ0n) is 20.6. The van der Waals surface area contributed by atoms with Crippen molar-refractivity contribution in [1.82, 2.24) is 24.4 Å². The number of benzene rings is 2. The molecule has 0 fully saturated rings. The largest absolute Gasteiger partial charge is 0.434 e. The van der Waals surface area contributed by atoms with Gasteiger partial charge >= 0.3 is 6.61 Å². The Morgan fingerprint density at radius 3 is 2.46 bits per heavy atom. The molecule has 4 rings (SSSR count). The maximum Gasteiger partial charge on any atom is 0.387 e. The second-order valence-electron chi connectivity index (χ2n) is 9.29. The molecule has 0 aliphatic heterocycles. The second kappa shape index (κ2) is 9.95. The first kappa shape index (κ1) is 24.5. The van der Waals surface area contributed by atoms with Gasteiger partial charge in [0.25, 0.3) is 0 Å². The summed E-state index contributed by atoms with van der Waals surface area (Å²) in [5.41, 5.74) is 4.14. The Balaban J connectivity index is 1.59. The molecule has 4 aromatic rings. The number of likely N-dealkylation sites (N-methyl/N-ethyl adjacent to an activating group) is 1. The van der Waals surface area contributed by atoms with Gasteiger partial charge in [0.15, 0.2) is 0 Å².